The molecule has 4 heterocycles. The Kier molecular flexibility index (Phi) is 5.28. The Labute approximate surface area is 193 Å². The number of allylic oxidation sites excluding steroid dienone is 2. The van der Waals surface area contributed by atoms with Crippen molar-refractivity contribution in [3.63, 3.8) is 0 Å². The largest absolute Gasteiger partial charge is 0.383 e. The monoisotopic (exact) mass is 496 g/mol. The molecule has 3 aliphatic rings. The lowest BCUT2D eigenvalue weighted by molar-refractivity contribution is -0.129. The van der Waals surface area contributed by atoms with Gasteiger partial charge in [0.2, 0.25) is 5.91 Å². The maximum atomic E-state index is 13.7. The fraction of sp³-hybridized carbons (Fsp3) is 0.304. The number of pyridine rings is 1. The summed E-state index contributed by atoms with van der Waals surface area (Å²) in [5, 5.41) is 6.96. The number of hydrogen-bond donors (Lipinski definition) is 1. The van der Waals surface area contributed by atoms with Crippen molar-refractivity contribution in [3.8, 4) is 0 Å². The molecule has 0 saturated carbocycles. The third-order valence-corrected chi connectivity index (χ3v) is 7.01. The first-order chi connectivity index (χ1) is 15.4. The van der Waals surface area contributed by atoms with Gasteiger partial charge in [-0.3, -0.25) is 14.8 Å². The molecule has 1 amide bonds. The normalized spacial score (nSPS) is 19.5. The van der Waals surface area contributed by atoms with E-state index in [0.29, 0.717) is 25.5 Å². The summed E-state index contributed by atoms with van der Waals surface area (Å²) in [5.41, 5.74) is 10.5. The van der Waals surface area contributed by atoms with Crippen molar-refractivity contribution in [2.45, 2.75) is 19.8 Å². The smallest absolute Gasteiger partial charge is 0.219 e. The minimum atomic E-state index is -0.301. The Bertz CT molecular complexity index is 1240. The molecular formula is C23H22BrFN6O. The lowest BCUT2D eigenvalue weighted by atomic mass is 9.91. The lowest BCUT2D eigenvalue weighted by Crippen LogP contribution is -2.39. The van der Waals surface area contributed by atoms with Gasteiger partial charge in [-0.05, 0) is 53.0 Å². The second-order valence-corrected chi connectivity index (χ2v) is 8.99. The van der Waals surface area contributed by atoms with Crippen LogP contribution in [0.15, 0.2) is 56.6 Å². The number of amides is 1. The number of hydrazone groups is 1. The number of benzene rings is 1. The van der Waals surface area contributed by atoms with E-state index in [-0.39, 0.29) is 17.6 Å². The van der Waals surface area contributed by atoms with Gasteiger partial charge in [-0.2, -0.15) is 5.10 Å². The van der Waals surface area contributed by atoms with E-state index in [1.165, 1.54) is 12.1 Å². The molecule has 0 atom stereocenters. The minimum Gasteiger partial charge on any atom is -0.383 e. The average Bonchev–Trinajstić information content (AvgIpc) is 2.89. The van der Waals surface area contributed by atoms with Crippen molar-refractivity contribution < 1.29 is 9.18 Å². The first-order valence-corrected chi connectivity index (χ1v) is 11.3. The molecule has 9 heteroatoms. The van der Waals surface area contributed by atoms with E-state index in [2.05, 4.69) is 26.0 Å². The number of carbonyl (C=O) groups excluding carboxylic acids is 1. The lowest BCUT2D eigenvalue weighted by Gasteiger charge is -2.32. The summed E-state index contributed by atoms with van der Waals surface area (Å²) in [5.74, 6) is 0.490. The van der Waals surface area contributed by atoms with Gasteiger partial charge in [-0.1, -0.05) is 0 Å². The number of rotatable bonds is 2. The first-order valence-electron chi connectivity index (χ1n) is 10.5. The molecule has 0 unspecified atom stereocenters. The second-order valence-electron chi connectivity index (χ2n) is 8.20. The highest BCUT2D eigenvalue weighted by Gasteiger charge is 2.31. The van der Waals surface area contributed by atoms with E-state index in [1.54, 1.807) is 30.4 Å². The van der Waals surface area contributed by atoms with E-state index in [4.69, 9.17) is 10.7 Å². The number of piperidine rings is 1. The van der Waals surface area contributed by atoms with Gasteiger partial charge in [0.1, 0.15) is 11.6 Å². The van der Waals surface area contributed by atoms with Crippen molar-refractivity contribution in [3.05, 3.63) is 57.8 Å². The molecule has 5 rings (SSSR count). The van der Waals surface area contributed by atoms with Gasteiger partial charge in [-0.15, -0.1) is 0 Å². The number of aromatic nitrogens is 1. The van der Waals surface area contributed by atoms with E-state index in [1.807, 2.05) is 11.0 Å². The van der Waals surface area contributed by atoms with Gasteiger partial charge in [-0.25, -0.2) is 9.40 Å². The van der Waals surface area contributed by atoms with Crippen LogP contribution < -0.4 is 5.73 Å². The fourth-order valence-electron chi connectivity index (χ4n) is 4.38. The van der Waals surface area contributed by atoms with Crippen LogP contribution in [0.25, 0.3) is 16.5 Å². The predicted octanol–water partition coefficient (Wildman–Crippen LogP) is 3.62. The highest BCUT2D eigenvalue weighted by molar-refractivity contribution is 9.12. The van der Waals surface area contributed by atoms with E-state index < -0.39 is 0 Å². The number of aliphatic imine (C=N–C) groups is 1. The predicted molar refractivity (Wildman–Crippen MR) is 126 cm³/mol. The molecule has 0 radical (unpaired) electrons. The van der Waals surface area contributed by atoms with Crippen LogP contribution in [0.5, 0.6) is 0 Å². The van der Waals surface area contributed by atoms with Crippen LogP contribution in [0.2, 0.25) is 0 Å². The van der Waals surface area contributed by atoms with Crippen molar-refractivity contribution in [1.29, 1.82) is 0 Å². The van der Waals surface area contributed by atoms with E-state index in [0.717, 1.165) is 50.8 Å². The molecule has 2 N–H and O–H groups in total. The van der Waals surface area contributed by atoms with Gasteiger partial charge in [0.05, 0.1) is 34.2 Å². The highest BCUT2D eigenvalue weighted by atomic mass is 79.9. The number of nitrogens with two attached hydrogens (primary N) is 1. The van der Waals surface area contributed by atoms with Gasteiger partial charge < -0.3 is 10.6 Å². The molecular weight excluding hydrogens is 475 g/mol. The topological polar surface area (TPSA) is 87.2 Å². The number of likely N-dealkylation sites (tertiary alicyclic amines) is 1. The summed E-state index contributed by atoms with van der Waals surface area (Å²) in [4.78, 5) is 23.1. The molecule has 0 spiro atoms. The average molecular weight is 497 g/mol. The van der Waals surface area contributed by atoms with Gasteiger partial charge in [0.15, 0.2) is 0 Å². The van der Waals surface area contributed by atoms with Crippen molar-refractivity contribution >= 4 is 50.2 Å². The highest BCUT2D eigenvalue weighted by Crippen LogP contribution is 2.34. The Morgan fingerprint density at radius 1 is 1.25 bits per heavy atom. The second kappa shape index (κ2) is 8.12. The Morgan fingerprint density at radius 3 is 2.78 bits per heavy atom. The number of nitrogens with zero attached hydrogens (tertiary/aromatic N) is 5. The molecule has 3 aliphatic heterocycles. The molecule has 2 bridgehead atoms. The number of fused-ring (bicyclic) bond motifs is 3. The Balaban J connectivity index is 1.56. The first kappa shape index (κ1) is 20.8. The zero-order valence-electron chi connectivity index (χ0n) is 17.6. The third-order valence-electron chi connectivity index (χ3n) is 6.20. The van der Waals surface area contributed by atoms with E-state index in [9.17, 15) is 9.18 Å². The van der Waals surface area contributed by atoms with Crippen LogP contribution in [0.3, 0.4) is 0 Å². The number of halogens is 2. The quantitative estimate of drug-likeness (QED) is 0.687. The molecule has 1 aromatic heterocycles. The third kappa shape index (κ3) is 3.70. The minimum absolute atomic E-state index is 0.0981. The molecule has 0 aliphatic carbocycles. The number of hydrogen-bond acceptors (Lipinski definition) is 6. The maximum Gasteiger partial charge on any atom is 0.219 e. The van der Waals surface area contributed by atoms with Gasteiger partial charge in [0.25, 0.3) is 0 Å². The zero-order valence-corrected chi connectivity index (χ0v) is 19.1. The molecule has 1 aromatic carbocycles. The van der Waals surface area contributed by atoms with Crippen LogP contribution in [0.4, 0.5) is 4.39 Å². The van der Waals surface area contributed by atoms with Crippen LogP contribution >= 0.6 is 15.9 Å². The summed E-state index contributed by atoms with van der Waals surface area (Å²) in [6.45, 7) is 3.44. The summed E-state index contributed by atoms with van der Waals surface area (Å²) < 4.78 is 14.5. The zero-order chi connectivity index (χ0) is 22.4. The SMILES string of the molecule is CC(=O)N1CCC(C2=NC3=C(c4cnc5ccc(F)cc5c4)C=NN(C3)C(N)=C2Br)CC1. The maximum absolute atomic E-state index is 13.7. The standard InChI is InChI=1S/C23H22BrFN6O/c1-13(32)30-6-4-14(5-7-30)22-21(24)23(26)31-12-20(29-22)18(11-28-31)16-8-15-9-17(25)2-3-19(15)27-10-16/h2-3,8-11,14H,4-7,12,26H2,1H3. The van der Waals surface area contributed by atoms with Gasteiger partial charge >= 0.3 is 0 Å². The van der Waals surface area contributed by atoms with Gasteiger partial charge in [0, 0.05) is 48.7 Å². The molecule has 7 nitrogen and oxygen atoms in total. The van der Waals surface area contributed by atoms with Crippen LogP contribution in [0.1, 0.15) is 25.3 Å². The fourth-order valence-corrected chi connectivity index (χ4v) is 5.00. The Hall–Kier alpha value is -3.07. The molecule has 32 heavy (non-hydrogen) atoms. The summed E-state index contributed by atoms with van der Waals surface area (Å²) in [7, 11) is 0. The van der Waals surface area contributed by atoms with Crippen molar-refractivity contribution in [2.75, 3.05) is 19.6 Å². The number of carbonyl (C=O) groups is 1. The molecule has 2 aromatic rings. The Morgan fingerprint density at radius 2 is 2.03 bits per heavy atom. The molecule has 164 valence electrons. The van der Waals surface area contributed by atoms with Crippen LogP contribution in [-0.2, 0) is 4.79 Å². The van der Waals surface area contributed by atoms with Crippen molar-refractivity contribution in [1.82, 2.24) is 14.9 Å². The van der Waals surface area contributed by atoms with E-state index >= 15 is 0 Å². The van der Waals surface area contributed by atoms with Crippen molar-refractivity contribution in [2.24, 2.45) is 21.7 Å². The van der Waals surface area contributed by atoms with Crippen LogP contribution in [0, 0.1) is 11.7 Å². The summed E-state index contributed by atoms with van der Waals surface area (Å²) in [6.07, 6.45) is 5.14. The molecule has 1 fully saturated rings. The molecule has 1 saturated heterocycles. The summed E-state index contributed by atoms with van der Waals surface area (Å²) in [6, 6.07) is 6.46. The van der Waals surface area contributed by atoms with Crippen LogP contribution in [-0.4, -0.2) is 52.4 Å². The summed E-state index contributed by atoms with van der Waals surface area (Å²) >= 11 is 3.65.